The first-order valence-electron chi connectivity index (χ1n) is 6.48. The minimum absolute atomic E-state index is 0.216. The molecule has 1 aromatic heterocycles. The monoisotopic (exact) mass is 259 g/mol. The predicted molar refractivity (Wildman–Crippen MR) is 73.0 cm³/mol. The maximum atomic E-state index is 9.30. The number of nitrogens with zero attached hydrogens (tertiary/aromatic N) is 2. The van der Waals surface area contributed by atoms with Gasteiger partial charge in [-0.25, -0.2) is 4.68 Å². The van der Waals surface area contributed by atoms with Gasteiger partial charge in [-0.1, -0.05) is 0 Å². The van der Waals surface area contributed by atoms with Gasteiger partial charge in [0.2, 0.25) is 0 Å². The molecule has 0 bridgehead atoms. The van der Waals surface area contributed by atoms with Crippen LogP contribution in [0.25, 0.3) is 11.3 Å². The van der Waals surface area contributed by atoms with E-state index in [4.69, 9.17) is 5.11 Å². The molecule has 0 radical (unpaired) electrons. The van der Waals surface area contributed by atoms with Crippen molar-refractivity contribution in [1.29, 1.82) is 0 Å². The van der Waals surface area contributed by atoms with E-state index in [0.717, 1.165) is 36.6 Å². The Hall–Kier alpha value is -2.01. The second-order valence-electron chi connectivity index (χ2n) is 4.90. The van der Waals surface area contributed by atoms with Crippen LogP contribution in [-0.4, -0.2) is 33.1 Å². The normalized spacial score (nSPS) is 17.8. The summed E-state index contributed by atoms with van der Waals surface area (Å²) in [5.41, 5.74) is 1.88. The van der Waals surface area contributed by atoms with Gasteiger partial charge in [-0.05, 0) is 36.6 Å². The molecule has 1 aliphatic heterocycles. The molecule has 1 atom stereocenters. The first-order chi connectivity index (χ1) is 9.26. The maximum Gasteiger partial charge on any atom is 0.124 e. The number of aromatic hydroxyl groups is 1. The highest BCUT2D eigenvalue weighted by Crippen LogP contribution is 2.27. The van der Waals surface area contributed by atoms with Crippen LogP contribution in [0.5, 0.6) is 5.75 Å². The fraction of sp³-hybridized carbons (Fsp3) is 0.357. The summed E-state index contributed by atoms with van der Waals surface area (Å²) in [7, 11) is 0. The van der Waals surface area contributed by atoms with E-state index in [1.807, 2.05) is 22.9 Å². The molecule has 0 fully saturated rings. The summed E-state index contributed by atoms with van der Waals surface area (Å²) >= 11 is 0. The zero-order chi connectivity index (χ0) is 13.2. The zero-order valence-corrected chi connectivity index (χ0v) is 10.6. The van der Waals surface area contributed by atoms with Gasteiger partial charge in [0.1, 0.15) is 11.6 Å². The average molecular weight is 259 g/mol. The number of hydrogen-bond donors (Lipinski definition) is 3. The molecular formula is C14H17N3O2. The van der Waals surface area contributed by atoms with Crippen molar-refractivity contribution < 1.29 is 10.2 Å². The molecule has 0 saturated heterocycles. The molecule has 3 N–H and O–H groups in total. The van der Waals surface area contributed by atoms with Crippen LogP contribution in [0.3, 0.4) is 0 Å². The molecule has 1 unspecified atom stereocenters. The van der Waals surface area contributed by atoms with Crippen LogP contribution in [0.2, 0.25) is 0 Å². The second-order valence-corrected chi connectivity index (χ2v) is 4.90. The fourth-order valence-corrected chi connectivity index (χ4v) is 2.41. The fourth-order valence-electron chi connectivity index (χ4n) is 2.41. The van der Waals surface area contributed by atoms with Gasteiger partial charge in [-0.2, -0.15) is 5.10 Å². The Bertz CT molecular complexity index is 563. The lowest BCUT2D eigenvalue weighted by Gasteiger charge is -2.23. The number of benzene rings is 1. The topological polar surface area (TPSA) is 70.3 Å². The van der Waals surface area contributed by atoms with E-state index in [1.165, 1.54) is 0 Å². The van der Waals surface area contributed by atoms with E-state index < -0.39 is 0 Å². The Morgan fingerprint density at radius 1 is 1.32 bits per heavy atom. The van der Waals surface area contributed by atoms with Crippen LogP contribution >= 0.6 is 0 Å². The third-order valence-electron chi connectivity index (χ3n) is 3.48. The lowest BCUT2D eigenvalue weighted by Crippen LogP contribution is -2.28. The number of aromatic nitrogens is 2. The van der Waals surface area contributed by atoms with Crippen molar-refractivity contribution >= 4 is 5.82 Å². The van der Waals surface area contributed by atoms with Crippen molar-refractivity contribution in [2.45, 2.75) is 13.0 Å². The van der Waals surface area contributed by atoms with Gasteiger partial charge in [-0.3, -0.25) is 0 Å². The molecule has 3 rings (SSSR count). The van der Waals surface area contributed by atoms with Gasteiger partial charge in [0.25, 0.3) is 0 Å². The molecule has 2 aromatic rings. The molecule has 0 aliphatic carbocycles. The molecule has 0 amide bonds. The molecule has 0 spiro atoms. The highest BCUT2D eigenvalue weighted by atomic mass is 16.3. The van der Waals surface area contributed by atoms with Gasteiger partial charge in [0, 0.05) is 31.3 Å². The summed E-state index contributed by atoms with van der Waals surface area (Å²) in [6, 6.07) is 9.05. The van der Waals surface area contributed by atoms with Crippen molar-refractivity contribution in [1.82, 2.24) is 9.78 Å². The van der Waals surface area contributed by atoms with Crippen molar-refractivity contribution in [2.75, 3.05) is 18.5 Å². The van der Waals surface area contributed by atoms with E-state index in [2.05, 4.69) is 10.4 Å². The van der Waals surface area contributed by atoms with E-state index >= 15 is 0 Å². The van der Waals surface area contributed by atoms with Gasteiger partial charge >= 0.3 is 0 Å². The largest absolute Gasteiger partial charge is 0.508 e. The van der Waals surface area contributed by atoms with E-state index in [9.17, 15) is 5.11 Å². The Morgan fingerprint density at radius 3 is 2.84 bits per heavy atom. The molecule has 5 heteroatoms. The third-order valence-corrected chi connectivity index (χ3v) is 3.48. The van der Waals surface area contributed by atoms with Crippen LogP contribution in [-0.2, 0) is 6.54 Å². The van der Waals surface area contributed by atoms with Crippen molar-refractivity contribution in [3.63, 3.8) is 0 Å². The van der Waals surface area contributed by atoms with Crippen LogP contribution in [0, 0.1) is 5.92 Å². The van der Waals surface area contributed by atoms with Crippen LogP contribution < -0.4 is 5.32 Å². The Labute approximate surface area is 111 Å². The number of phenols is 1. The average Bonchev–Trinajstić information content (AvgIpc) is 2.83. The number of fused-ring (bicyclic) bond motifs is 1. The minimum Gasteiger partial charge on any atom is -0.508 e. The molecule has 100 valence electrons. The van der Waals surface area contributed by atoms with Gasteiger partial charge in [-0.15, -0.1) is 0 Å². The Kier molecular flexibility index (Phi) is 3.13. The number of aliphatic hydroxyl groups is 1. The smallest absolute Gasteiger partial charge is 0.124 e. The molecule has 5 nitrogen and oxygen atoms in total. The Morgan fingerprint density at radius 2 is 2.11 bits per heavy atom. The summed E-state index contributed by atoms with van der Waals surface area (Å²) in [4.78, 5) is 0. The minimum atomic E-state index is 0.216. The van der Waals surface area contributed by atoms with Crippen molar-refractivity contribution in [2.24, 2.45) is 5.92 Å². The van der Waals surface area contributed by atoms with Gasteiger partial charge in [0.05, 0.1) is 5.69 Å². The third kappa shape index (κ3) is 2.42. The molecular weight excluding hydrogens is 242 g/mol. The molecule has 19 heavy (non-hydrogen) atoms. The lowest BCUT2D eigenvalue weighted by molar-refractivity contribution is 0.244. The number of phenolic OH excluding ortho intramolecular Hbond substituents is 1. The molecule has 2 heterocycles. The number of aliphatic hydroxyl groups excluding tert-OH is 1. The standard InChI is InChI=1S/C14H17N3O2/c18-6-5-10-8-15-14-7-13(16-17(14)9-10)11-1-3-12(19)4-2-11/h1-4,7,10,15,18-19H,5-6,8-9H2. The number of nitrogens with one attached hydrogen (secondary N) is 1. The molecule has 1 aromatic carbocycles. The van der Waals surface area contributed by atoms with E-state index in [-0.39, 0.29) is 12.4 Å². The highest BCUT2D eigenvalue weighted by Gasteiger charge is 2.19. The van der Waals surface area contributed by atoms with Crippen LogP contribution in [0.15, 0.2) is 30.3 Å². The summed E-state index contributed by atoms with van der Waals surface area (Å²) in [5.74, 6) is 1.69. The first-order valence-corrected chi connectivity index (χ1v) is 6.48. The summed E-state index contributed by atoms with van der Waals surface area (Å²) in [5, 5.41) is 26.2. The highest BCUT2D eigenvalue weighted by molar-refractivity contribution is 5.64. The first kappa shape index (κ1) is 12.0. The quantitative estimate of drug-likeness (QED) is 0.784. The van der Waals surface area contributed by atoms with Gasteiger partial charge < -0.3 is 15.5 Å². The number of anilines is 1. The summed E-state index contributed by atoms with van der Waals surface area (Å²) in [6.07, 6.45) is 0.793. The van der Waals surface area contributed by atoms with Crippen molar-refractivity contribution in [3.05, 3.63) is 30.3 Å². The maximum absolute atomic E-state index is 9.30. The Balaban J connectivity index is 1.85. The summed E-state index contributed by atoms with van der Waals surface area (Å²) < 4.78 is 1.95. The lowest BCUT2D eigenvalue weighted by atomic mass is 10.1. The second kappa shape index (κ2) is 4.93. The molecule has 1 aliphatic rings. The molecule has 0 saturated carbocycles. The van der Waals surface area contributed by atoms with Gasteiger partial charge in [0.15, 0.2) is 0 Å². The van der Waals surface area contributed by atoms with E-state index in [0.29, 0.717) is 5.92 Å². The predicted octanol–water partition coefficient (Wildman–Crippen LogP) is 1.68. The number of hydrogen-bond acceptors (Lipinski definition) is 4. The summed E-state index contributed by atoms with van der Waals surface area (Å²) in [6.45, 7) is 1.93. The van der Waals surface area contributed by atoms with Crippen LogP contribution in [0.4, 0.5) is 5.82 Å². The van der Waals surface area contributed by atoms with Crippen LogP contribution in [0.1, 0.15) is 6.42 Å². The SMILES string of the molecule is OCCC1CNc2cc(-c3ccc(O)cc3)nn2C1. The zero-order valence-electron chi connectivity index (χ0n) is 10.6. The van der Waals surface area contributed by atoms with E-state index in [1.54, 1.807) is 12.1 Å². The van der Waals surface area contributed by atoms with Crippen molar-refractivity contribution in [3.8, 4) is 17.0 Å². The number of rotatable bonds is 3.